The average Bonchev–Trinajstić information content (AvgIpc) is 2.51. The van der Waals surface area contributed by atoms with E-state index in [4.69, 9.17) is 27.9 Å². The molecule has 23 heavy (non-hydrogen) atoms. The number of ether oxygens (including phenoxy) is 1. The highest BCUT2D eigenvalue weighted by atomic mass is 35.5. The van der Waals surface area contributed by atoms with Crippen molar-refractivity contribution in [1.29, 1.82) is 0 Å². The van der Waals surface area contributed by atoms with Crippen LogP contribution in [0.3, 0.4) is 0 Å². The number of hydrogen-bond donors (Lipinski definition) is 2. The van der Waals surface area contributed by atoms with E-state index in [0.29, 0.717) is 28.9 Å². The van der Waals surface area contributed by atoms with Crippen molar-refractivity contribution >= 4 is 34.9 Å². The minimum absolute atomic E-state index is 0.326. The summed E-state index contributed by atoms with van der Waals surface area (Å²) in [6.07, 6.45) is 0. The van der Waals surface area contributed by atoms with Crippen molar-refractivity contribution in [3.63, 3.8) is 0 Å². The molecule has 0 saturated carbocycles. The van der Waals surface area contributed by atoms with Crippen LogP contribution in [0.25, 0.3) is 0 Å². The van der Waals surface area contributed by atoms with Crippen molar-refractivity contribution in [3.05, 3.63) is 57.6 Å². The van der Waals surface area contributed by atoms with Crippen LogP contribution >= 0.6 is 23.2 Å². The van der Waals surface area contributed by atoms with Gasteiger partial charge in [0.1, 0.15) is 12.4 Å². The number of carbonyl (C=O) groups is 1. The van der Waals surface area contributed by atoms with Gasteiger partial charge in [0.2, 0.25) is 0 Å². The molecule has 0 unspecified atom stereocenters. The maximum absolute atomic E-state index is 11.8. The van der Waals surface area contributed by atoms with Gasteiger partial charge in [-0.25, -0.2) is 4.79 Å². The topological polar surface area (TPSA) is 50.4 Å². The van der Waals surface area contributed by atoms with Crippen LogP contribution in [-0.2, 0) is 0 Å². The third-order valence-electron chi connectivity index (χ3n) is 3.38. The van der Waals surface area contributed by atoms with Gasteiger partial charge < -0.3 is 15.4 Å². The van der Waals surface area contributed by atoms with Crippen LogP contribution in [0.15, 0.2) is 36.4 Å². The molecule has 0 atom stereocenters. The molecule has 0 radical (unpaired) electrons. The molecule has 6 heteroatoms. The molecule has 0 aliphatic rings. The zero-order chi connectivity index (χ0) is 16.8. The fourth-order valence-electron chi connectivity index (χ4n) is 1.96. The molecule has 2 N–H and O–H groups in total. The molecule has 122 valence electrons. The van der Waals surface area contributed by atoms with Crippen molar-refractivity contribution in [2.45, 2.75) is 13.8 Å². The summed E-state index contributed by atoms with van der Waals surface area (Å²) >= 11 is 11.7. The van der Waals surface area contributed by atoms with E-state index in [2.05, 4.69) is 10.6 Å². The summed E-state index contributed by atoms with van der Waals surface area (Å²) in [5, 5.41) is 6.23. The van der Waals surface area contributed by atoms with Gasteiger partial charge in [-0.15, -0.1) is 0 Å². The largest absolute Gasteiger partial charge is 0.491 e. The first-order valence-electron chi connectivity index (χ1n) is 7.16. The number of aryl methyl sites for hydroxylation is 1. The molecule has 2 rings (SSSR count). The molecular weight excluding hydrogens is 335 g/mol. The predicted octanol–water partition coefficient (Wildman–Crippen LogP) is 4.81. The summed E-state index contributed by atoms with van der Waals surface area (Å²) in [7, 11) is 0. The predicted molar refractivity (Wildman–Crippen MR) is 94.9 cm³/mol. The fourth-order valence-corrected chi connectivity index (χ4v) is 2.25. The molecule has 0 aromatic heterocycles. The number of urea groups is 1. The van der Waals surface area contributed by atoms with Gasteiger partial charge in [0.25, 0.3) is 0 Å². The number of hydrogen-bond acceptors (Lipinski definition) is 2. The maximum Gasteiger partial charge on any atom is 0.319 e. The van der Waals surface area contributed by atoms with Gasteiger partial charge in [-0.1, -0.05) is 35.3 Å². The number of rotatable bonds is 5. The Hall–Kier alpha value is -1.91. The first kappa shape index (κ1) is 17.4. The van der Waals surface area contributed by atoms with Gasteiger partial charge in [0.05, 0.1) is 16.6 Å². The fraction of sp³-hybridized carbons (Fsp3) is 0.235. The molecule has 0 bridgehead atoms. The van der Waals surface area contributed by atoms with Crippen LogP contribution in [0.4, 0.5) is 10.5 Å². The highest BCUT2D eigenvalue weighted by Crippen LogP contribution is 2.25. The lowest BCUT2D eigenvalue weighted by molar-refractivity contribution is 0.247. The number of amides is 2. The average molecular weight is 353 g/mol. The minimum Gasteiger partial charge on any atom is -0.491 e. The van der Waals surface area contributed by atoms with E-state index >= 15 is 0 Å². The lowest BCUT2D eigenvalue weighted by Crippen LogP contribution is -2.32. The van der Waals surface area contributed by atoms with Gasteiger partial charge in [0.15, 0.2) is 0 Å². The first-order valence-corrected chi connectivity index (χ1v) is 7.92. The monoisotopic (exact) mass is 352 g/mol. The second kappa shape index (κ2) is 8.09. The van der Waals surface area contributed by atoms with E-state index in [1.807, 2.05) is 32.0 Å². The summed E-state index contributed by atoms with van der Waals surface area (Å²) in [4.78, 5) is 11.8. The second-order valence-electron chi connectivity index (χ2n) is 5.06. The van der Waals surface area contributed by atoms with Gasteiger partial charge in [-0.05, 0) is 49.2 Å². The third kappa shape index (κ3) is 5.05. The van der Waals surface area contributed by atoms with Crippen LogP contribution in [0.2, 0.25) is 10.0 Å². The third-order valence-corrected chi connectivity index (χ3v) is 4.12. The molecule has 0 fully saturated rings. The second-order valence-corrected chi connectivity index (χ2v) is 5.87. The standard InChI is InChI=1S/C17H18Cl2N2O2/c1-11-4-3-5-16(12(11)2)23-9-8-20-17(22)21-13-6-7-14(18)15(19)10-13/h3-7,10H,8-9H2,1-2H3,(H2,20,21,22). The van der Waals surface area contributed by atoms with E-state index < -0.39 is 0 Å². The van der Waals surface area contributed by atoms with Crippen LogP contribution in [0.1, 0.15) is 11.1 Å². The Morgan fingerprint density at radius 1 is 1.13 bits per heavy atom. The van der Waals surface area contributed by atoms with Gasteiger partial charge >= 0.3 is 6.03 Å². The Kier molecular flexibility index (Phi) is 6.13. The Balaban J connectivity index is 1.76. The summed E-state index contributed by atoms with van der Waals surface area (Å²) in [5.74, 6) is 0.830. The van der Waals surface area contributed by atoms with Crippen LogP contribution < -0.4 is 15.4 Å². The lowest BCUT2D eigenvalue weighted by Gasteiger charge is -2.12. The van der Waals surface area contributed by atoms with Crippen LogP contribution in [-0.4, -0.2) is 19.2 Å². The molecule has 0 saturated heterocycles. The van der Waals surface area contributed by atoms with Crippen molar-refractivity contribution in [3.8, 4) is 5.75 Å². The Labute approximate surface area is 145 Å². The van der Waals surface area contributed by atoms with E-state index in [-0.39, 0.29) is 6.03 Å². The molecule has 0 spiro atoms. The molecule has 0 aliphatic heterocycles. The summed E-state index contributed by atoms with van der Waals surface area (Å²) < 4.78 is 5.67. The van der Waals surface area contributed by atoms with E-state index in [1.165, 1.54) is 5.56 Å². The van der Waals surface area contributed by atoms with Crippen molar-refractivity contribution in [2.24, 2.45) is 0 Å². The van der Waals surface area contributed by atoms with Crippen LogP contribution in [0.5, 0.6) is 5.75 Å². The summed E-state index contributed by atoms with van der Waals surface area (Å²) in [6.45, 7) is 4.82. The molecule has 2 aromatic carbocycles. The number of halogens is 2. The molecular formula is C17H18Cl2N2O2. The zero-order valence-electron chi connectivity index (χ0n) is 13.0. The van der Waals surface area contributed by atoms with E-state index in [1.54, 1.807) is 18.2 Å². The molecule has 2 amide bonds. The Bertz CT molecular complexity index is 705. The highest BCUT2D eigenvalue weighted by Gasteiger charge is 2.05. The highest BCUT2D eigenvalue weighted by molar-refractivity contribution is 6.42. The first-order chi connectivity index (χ1) is 11.0. The van der Waals surface area contributed by atoms with Gasteiger partial charge in [-0.3, -0.25) is 0 Å². The van der Waals surface area contributed by atoms with Gasteiger partial charge in [-0.2, -0.15) is 0 Å². The number of anilines is 1. The molecule has 4 nitrogen and oxygen atoms in total. The summed E-state index contributed by atoms with van der Waals surface area (Å²) in [5.41, 5.74) is 2.85. The van der Waals surface area contributed by atoms with E-state index in [0.717, 1.165) is 11.3 Å². The molecule has 2 aromatic rings. The zero-order valence-corrected chi connectivity index (χ0v) is 14.5. The Morgan fingerprint density at radius 2 is 1.91 bits per heavy atom. The maximum atomic E-state index is 11.8. The Morgan fingerprint density at radius 3 is 2.65 bits per heavy atom. The van der Waals surface area contributed by atoms with E-state index in [9.17, 15) is 4.79 Å². The lowest BCUT2D eigenvalue weighted by atomic mass is 10.1. The molecule has 0 heterocycles. The number of carbonyl (C=O) groups excluding carboxylic acids is 1. The quantitative estimate of drug-likeness (QED) is 0.758. The summed E-state index contributed by atoms with van der Waals surface area (Å²) in [6, 6.07) is 10.5. The molecule has 0 aliphatic carbocycles. The van der Waals surface area contributed by atoms with Crippen molar-refractivity contribution in [2.75, 3.05) is 18.5 Å². The normalized spacial score (nSPS) is 10.3. The minimum atomic E-state index is -0.326. The smallest absolute Gasteiger partial charge is 0.319 e. The van der Waals surface area contributed by atoms with Crippen LogP contribution in [0, 0.1) is 13.8 Å². The SMILES string of the molecule is Cc1cccc(OCCNC(=O)Nc2ccc(Cl)c(Cl)c2)c1C. The number of nitrogens with one attached hydrogen (secondary N) is 2. The van der Waals surface area contributed by atoms with Gasteiger partial charge in [0, 0.05) is 5.69 Å². The number of benzene rings is 2. The van der Waals surface area contributed by atoms with Crippen molar-refractivity contribution in [1.82, 2.24) is 5.32 Å². The van der Waals surface area contributed by atoms with Crippen molar-refractivity contribution < 1.29 is 9.53 Å².